The van der Waals surface area contributed by atoms with Crippen molar-refractivity contribution in [1.82, 2.24) is 0 Å². The van der Waals surface area contributed by atoms with E-state index in [9.17, 15) is 9.00 Å². The van der Waals surface area contributed by atoms with Gasteiger partial charge in [-0.15, -0.1) is 0 Å². The van der Waals surface area contributed by atoms with Crippen LogP contribution in [0, 0.1) is 12.8 Å². The Morgan fingerprint density at radius 1 is 1.47 bits per heavy atom. The third kappa shape index (κ3) is 1.95. The van der Waals surface area contributed by atoms with Gasteiger partial charge in [0, 0.05) is 11.7 Å². The molecule has 2 rings (SSSR count). The van der Waals surface area contributed by atoms with Gasteiger partial charge >= 0.3 is 0 Å². The average Bonchev–Trinajstić information content (AvgIpc) is 2.25. The largest absolute Gasteiger partial charge is 0.325 e. The van der Waals surface area contributed by atoms with E-state index >= 15 is 0 Å². The maximum Gasteiger partial charge on any atom is 0.228 e. The lowest BCUT2D eigenvalue weighted by Gasteiger charge is -2.06. The number of nitrogens with one attached hydrogen (secondary N) is 1. The first-order valence-electron chi connectivity index (χ1n) is 4.88. The van der Waals surface area contributed by atoms with Gasteiger partial charge < -0.3 is 5.32 Å². The molecule has 1 aromatic rings. The highest BCUT2D eigenvalue weighted by Gasteiger charge is 2.24. The van der Waals surface area contributed by atoms with Crippen molar-refractivity contribution in [2.75, 3.05) is 11.1 Å². The van der Waals surface area contributed by atoms with Crippen LogP contribution in [0.2, 0.25) is 0 Å². The number of hydrogen-bond acceptors (Lipinski definition) is 2. The molecule has 0 spiro atoms. The number of fused-ring (bicyclic) bond motifs is 1. The smallest absolute Gasteiger partial charge is 0.228 e. The maximum absolute atomic E-state index is 11.9. The third-order valence-electron chi connectivity index (χ3n) is 2.49. The van der Waals surface area contributed by atoms with E-state index < -0.39 is 10.8 Å². The van der Waals surface area contributed by atoms with Crippen LogP contribution in [0.3, 0.4) is 0 Å². The van der Waals surface area contributed by atoms with Crippen molar-refractivity contribution in [3.05, 3.63) is 23.8 Å². The molecule has 4 heteroatoms. The van der Waals surface area contributed by atoms with Crippen LogP contribution in [-0.2, 0) is 15.6 Å². The summed E-state index contributed by atoms with van der Waals surface area (Å²) < 4.78 is 11.9. The number of aryl methyl sites for hydroxylation is 1. The van der Waals surface area contributed by atoms with Crippen molar-refractivity contribution in [3.63, 3.8) is 0 Å². The minimum atomic E-state index is -1.07. The Morgan fingerprint density at radius 2 is 2.20 bits per heavy atom. The summed E-state index contributed by atoms with van der Waals surface area (Å²) in [5.41, 5.74) is 1.75. The van der Waals surface area contributed by atoms with Crippen molar-refractivity contribution in [2.24, 2.45) is 5.92 Å². The van der Waals surface area contributed by atoms with Crippen LogP contribution in [-0.4, -0.2) is 15.9 Å². The van der Waals surface area contributed by atoms with Crippen molar-refractivity contribution in [1.29, 1.82) is 0 Å². The lowest BCUT2D eigenvalue weighted by atomic mass is 10.2. The summed E-state index contributed by atoms with van der Waals surface area (Å²) in [6, 6.07) is 5.61. The second-order valence-electron chi connectivity index (χ2n) is 3.90. The molecule has 3 nitrogen and oxygen atoms in total. The first kappa shape index (κ1) is 10.4. The van der Waals surface area contributed by atoms with Crippen LogP contribution in [0.4, 0.5) is 5.69 Å². The predicted octanol–water partition coefficient (Wildman–Crippen LogP) is 1.69. The monoisotopic (exact) mass is 223 g/mol. The van der Waals surface area contributed by atoms with E-state index in [2.05, 4.69) is 5.32 Å². The van der Waals surface area contributed by atoms with Crippen LogP contribution < -0.4 is 5.32 Å². The fourth-order valence-corrected chi connectivity index (χ4v) is 2.95. The molecule has 1 aromatic carbocycles. The zero-order valence-electron chi connectivity index (χ0n) is 8.74. The third-order valence-corrected chi connectivity index (χ3v) is 4.14. The molecule has 0 saturated carbocycles. The first-order chi connectivity index (χ1) is 7.08. The van der Waals surface area contributed by atoms with Gasteiger partial charge in [0.25, 0.3) is 0 Å². The summed E-state index contributed by atoms with van der Waals surface area (Å²) in [4.78, 5) is 12.3. The number of amides is 1. The summed E-state index contributed by atoms with van der Waals surface area (Å²) >= 11 is 0. The fraction of sp³-hybridized carbons (Fsp3) is 0.364. The molecule has 0 saturated heterocycles. The molecule has 2 unspecified atom stereocenters. The molecule has 2 atom stereocenters. The molecular formula is C11H13NO2S. The summed E-state index contributed by atoms with van der Waals surface area (Å²) in [5.74, 6) is 0.160. The van der Waals surface area contributed by atoms with E-state index in [4.69, 9.17) is 0 Å². The normalized spacial score (nSPS) is 25.3. The fourth-order valence-electron chi connectivity index (χ4n) is 1.59. The molecule has 1 heterocycles. The van der Waals surface area contributed by atoms with E-state index in [1.807, 2.05) is 25.1 Å². The van der Waals surface area contributed by atoms with Crippen LogP contribution in [0.5, 0.6) is 0 Å². The van der Waals surface area contributed by atoms with Crippen LogP contribution in [0.15, 0.2) is 23.1 Å². The highest BCUT2D eigenvalue weighted by molar-refractivity contribution is 7.85. The van der Waals surface area contributed by atoms with Gasteiger partial charge in [-0.25, -0.2) is 0 Å². The van der Waals surface area contributed by atoms with Crippen molar-refractivity contribution >= 4 is 22.4 Å². The number of carbonyl (C=O) groups is 1. The Morgan fingerprint density at radius 3 is 2.93 bits per heavy atom. The van der Waals surface area contributed by atoms with Gasteiger partial charge in [0.1, 0.15) is 0 Å². The van der Waals surface area contributed by atoms with E-state index in [0.717, 1.165) is 10.5 Å². The van der Waals surface area contributed by atoms with Gasteiger partial charge in [-0.3, -0.25) is 9.00 Å². The first-order valence-corrected chi connectivity index (χ1v) is 6.19. The molecular weight excluding hydrogens is 210 g/mol. The predicted molar refractivity (Wildman–Crippen MR) is 60.2 cm³/mol. The quantitative estimate of drug-likeness (QED) is 0.727. The van der Waals surface area contributed by atoms with Gasteiger partial charge in [-0.05, 0) is 24.6 Å². The van der Waals surface area contributed by atoms with Gasteiger partial charge in [-0.2, -0.15) is 0 Å². The van der Waals surface area contributed by atoms with Gasteiger partial charge in [0.05, 0.1) is 21.4 Å². The minimum absolute atomic E-state index is 0.0484. The minimum Gasteiger partial charge on any atom is -0.325 e. The van der Waals surface area contributed by atoms with Crippen LogP contribution in [0.25, 0.3) is 0 Å². The Balaban J connectivity index is 2.51. The van der Waals surface area contributed by atoms with Crippen LogP contribution >= 0.6 is 0 Å². The molecule has 0 fully saturated rings. The number of rotatable bonds is 0. The van der Waals surface area contributed by atoms with Crippen molar-refractivity contribution in [2.45, 2.75) is 18.7 Å². The molecule has 1 aliphatic heterocycles. The maximum atomic E-state index is 11.9. The Hall–Kier alpha value is -1.16. The molecule has 80 valence electrons. The summed E-state index contributed by atoms with van der Waals surface area (Å²) in [7, 11) is -1.07. The highest BCUT2D eigenvalue weighted by Crippen LogP contribution is 2.26. The van der Waals surface area contributed by atoms with Gasteiger partial charge in [-0.1, -0.05) is 13.0 Å². The van der Waals surface area contributed by atoms with Crippen molar-refractivity contribution < 1.29 is 9.00 Å². The number of benzene rings is 1. The number of carbonyl (C=O) groups excluding carboxylic acids is 1. The number of hydrogen-bond donors (Lipinski definition) is 1. The Labute approximate surface area is 91.3 Å². The standard InChI is InChI=1S/C11H13NO2S/c1-7-3-4-10-9(5-7)12-11(13)8(2)6-15(10)14/h3-5,8H,6H2,1-2H3,(H,12,13). The summed E-state index contributed by atoms with van der Waals surface area (Å²) in [5, 5.41) is 2.81. The second kappa shape index (κ2) is 3.77. The SMILES string of the molecule is Cc1ccc2c(c1)NC(=O)C(C)CS2=O. The highest BCUT2D eigenvalue weighted by atomic mass is 32.2. The average molecular weight is 223 g/mol. The topological polar surface area (TPSA) is 46.2 Å². The van der Waals surface area contributed by atoms with E-state index in [1.165, 1.54) is 0 Å². The molecule has 0 aliphatic carbocycles. The molecule has 1 N–H and O–H groups in total. The zero-order chi connectivity index (χ0) is 11.0. The van der Waals surface area contributed by atoms with E-state index in [0.29, 0.717) is 11.4 Å². The molecule has 0 radical (unpaired) electrons. The summed E-state index contributed by atoms with van der Waals surface area (Å²) in [6.45, 7) is 3.75. The van der Waals surface area contributed by atoms with E-state index in [1.54, 1.807) is 6.92 Å². The summed E-state index contributed by atoms with van der Waals surface area (Å²) in [6.07, 6.45) is 0. The Bertz CT molecular complexity index is 442. The molecule has 15 heavy (non-hydrogen) atoms. The van der Waals surface area contributed by atoms with Crippen LogP contribution in [0.1, 0.15) is 12.5 Å². The molecule has 1 aliphatic rings. The lowest BCUT2D eigenvalue weighted by molar-refractivity contribution is -0.118. The van der Waals surface area contributed by atoms with Gasteiger partial charge in [0.15, 0.2) is 0 Å². The number of anilines is 1. The zero-order valence-corrected chi connectivity index (χ0v) is 9.56. The van der Waals surface area contributed by atoms with Crippen molar-refractivity contribution in [3.8, 4) is 0 Å². The molecule has 1 amide bonds. The lowest BCUT2D eigenvalue weighted by Crippen LogP contribution is -2.21. The molecule has 0 aromatic heterocycles. The van der Waals surface area contributed by atoms with Gasteiger partial charge in [0.2, 0.25) is 5.91 Å². The molecule has 0 bridgehead atoms. The second-order valence-corrected chi connectivity index (χ2v) is 5.37. The Kier molecular flexibility index (Phi) is 2.61. The van der Waals surface area contributed by atoms with E-state index in [-0.39, 0.29) is 11.8 Å².